The lowest BCUT2D eigenvalue weighted by atomic mass is 9.78. The highest BCUT2D eigenvalue weighted by molar-refractivity contribution is 5.89. The SMILES string of the molecule is Cc1ccc2ncc(-c3noc(C4(CC(C)C)CCNC4=O)n3)n2c1. The molecule has 0 bridgehead atoms. The number of fused-ring (bicyclic) bond motifs is 1. The number of imidazole rings is 1. The molecule has 0 spiro atoms. The Morgan fingerprint density at radius 2 is 2.24 bits per heavy atom. The highest BCUT2D eigenvalue weighted by Crippen LogP contribution is 2.37. The minimum absolute atomic E-state index is 0.0228. The van der Waals surface area contributed by atoms with Crippen molar-refractivity contribution in [3.05, 3.63) is 36.0 Å². The molecular weight excluding hydrogens is 318 g/mol. The van der Waals surface area contributed by atoms with Crippen molar-refractivity contribution in [3.8, 4) is 11.5 Å². The van der Waals surface area contributed by atoms with Crippen LogP contribution in [0.1, 0.15) is 38.1 Å². The maximum Gasteiger partial charge on any atom is 0.242 e. The second-order valence-corrected chi connectivity index (χ2v) is 7.19. The summed E-state index contributed by atoms with van der Waals surface area (Å²) in [6.07, 6.45) is 5.08. The summed E-state index contributed by atoms with van der Waals surface area (Å²) in [6, 6.07) is 3.96. The van der Waals surface area contributed by atoms with Gasteiger partial charge in [-0.3, -0.25) is 9.20 Å². The number of hydrogen-bond donors (Lipinski definition) is 1. The summed E-state index contributed by atoms with van der Waals surface area (Å²) in [5, 5.41) is 7.05. The van der Waals surface area contributed by atoms with E-state index in [0.29, 0.717) is 37.0 Å². The first-order chi connectivity index (χ1) is 12.0. The van der Waals surface area contributed by atoms with Gasteiger partial charge in [-0.05, 0) is 37.3 Å². The number of carbonyl (C=O) groups excluding carboxylic acids is 1. The van der Waals surface area contributed by atoms with Gasteiger partial charge in [0.1, 0.15) is 16.8 Å². The van der Waals surface area contributed by atoms with Crippen molar-refractivity contribution < 1.29 is 9.32 Å². The molecule has 7 nitrogen and oxygen atoms in total. The van der Waals surface area contributed by atoms with Gasteiger partial charge in [0.25, 0.3) is 0 Å². The summed E-state index contributed by atoms with van der Waals surface area (Å²) in [5.74, 6) is 1.17. The number of aromatic nitrogens is 4. The van der Waals surface area contributed by atoms with Gasteiger partial charge < -0.3 is 9.84 Å². The van der Waals surface area contributed by atoms with E-state index < -0.39 is 5.41 Å². The van der Waals surface area contributed by atoms with E-state index >= 15 is 0 Å². The fourth-order valence-corrected chi connectivity index (χ4v) is 3.63. The number of pyridine rings is 1. The van der Waals surface area contributed by atoms with Crippen LogP contribution in [-0.4, -0.2) is 32.0 Å². The molecule has 0 aliphatic carbocycles. The third-order valence-electron chi connectivity index (χ3n) is 4.75. The van der Waals surface area contributed by atoms with Gasteiger partial charge in [0, 0.05) is 12.7 Å². The smallest absolute Gasteiger partial charge is 0.242 e. The van der Waals surface area contributed by atoms with E-state index in [2.05, 4.69) is 34.3 Å². The standard InChI is InChI=1S/C18H21N5O2/c1-11(2)8-18(6-7-19-16(18)24)17-21-15(22-25-17)13-9-20-14-5-4-12(3)10-23(13)14/h4-5,9-11H,6-8H2,1-3H3,(H,19,24). The fraction of sp³-hybridized carbons (Fsp3) is 0.444. The summed E-state index contributed by atoms with van der Waals surface area (Å²) >= 11 is 0. The zero-order chi connectivity index (χ0) is 17.6. The van der Waals surface area contributed by atoms with E-state index in [-0.39, 0.29) is 5.91 Å². The van der Waals surface area contributed by atoms with Crippen molar-refractivity contribution in [1.82, 2.24) is 24.8 Å². The normalized spacial score (nSPS) is 20.6. The number of rotatable bonds is 4. The minimum atomic E-state index is -0.726. The first-order valence-electron chi connectivity index (χ1n) is 8.56. The summed E-state index contributed by atoms with van der Waals surface area (Å²) < 4.78 is 7.50. The molecule has 4 heterocycles. The molecule has 130 valence electrons. The Kier molecular flexibility index (Phi) is 3.59. The molecule has 1 fully saturated rings. The number of nitrogens with zero attached hydrogens (tertiary/aromatic N) is 4. The Balaban J connectivity index is 1.78. The van der Waals surface area contributed by atoms with Crippen LogP contribution < -0.4 is 5.32 Å². The van der Waals surface area contributed by atoms with Crippen LogP contribution in [0.15, 0.2) is 29.0 Å². The molecule has 1 aliphatic heterocycles. The van der Waals surface area contributed by atoms with Crippen molar-refractivity contribution in [2.75, 3.05) is 6.54 Å². The number of aryl methyl sites for hydroxylation is 1. The van der Waals surface area contributed by atoms with Gasteiger partial charge >= 0.3 is 0 Å². The molecule has 0 aromatic carbocycles. The van der Waals surface area contributed by atoms with Crippen LogP contribution in [0.25, 0.3) is 17.2 Å². The molecule has 1 N–H and O–H groups in total. The molecule has 3 aromatic rings. The van der Waals surface area contributed by atoms with Crippen LogP contribution in [0.3, 0.4) is 0 Å². The summed E-state index contributed by atoms with van der Waals surface area (Å²) in [5.41, 5.74) is 1.96. The van der Waals surface area contributed by atoms with Gasteiger partial charge in [-0.2, -0.15) is 4.98 Å². The molecule has 7 heteroatoms. The predicted molar refractivity (Wildman–Crippen MR) is 92.0 cm³/mol. The lowest BCUT2D eigenvalue weighted by Gasteiger charge is -2.23. The van der Waals surface area contributed by atoms with Crippen LogP contribution in [0.5, 0.6) is 0 Å². The van der Waals surface area contributed by atoms with Crippen molar-refractivity contribution >= 4 is 11.6 Å². The first-order valence-corrected chi connectivity index (χ1v) is 8.56. The van der Waals surface area contributed by atoms with Crippen molar-refractivity contribution in [3.63, 3.8) is 0 Å². The number of amides is 1. The lowest BCUT2D eigenvalue weighted by molar-refractivity contribution is -0.125. The molecule has 1 saturated heterocycles. The van der Waals surface area contributed by atoms with E-state index in [9.17, 15) is 4.79 Å². The van der Waals surface area contributed by atoms with Crippen molar-refractivity contribution in [2.45, 2.75) is 39.0 Å². The van der Waals surface area contributed by atoms with Gasteiger partial charge in [0.2, 0.25) is 17.6 Å². The van der Waals surface area contributed by atoms with Crippen molar-refractivity contribution in [2.24, 2.45) is 5.92 Å². The Morgan fingerprint density at radius 1 is 1.40 bits per heavy atom. The maximum atomic E-state index is 12.5. The number of hydrogen-bond acceptors (Lipinski definition) is 5. The van der Waals surface area contributed by atoms with Crippen LogP contribution in [0, 0.1) is 12.8 Å². The third kappa shape index (κ3) is 2.50. The topological polar surface area (TPSA) is 85.3 Å². The summed E-state index contributed by atoms with van der Waals surface area (Å²) in [7, 11) is 0. The van der Waals surface area contributed by atoms with Crippen LogP contribution >= 0.6 is 0 Å². The Labute approximate surface area is 145 Å². The summed E-state index contributed by atoms with van der Waals surface area (Å²) in [6.45, 7) is 6.85. The highest BCUT2D eigenvalue weighted by atomic mass is 16.5. The number of carbonyl (C=O) groups is 1. The molecular formula is C18H21N5O2. The zero-order valence-electron chi connectivity index (χ0n) is 14.6. The molecule has 25 heavy (non-hydrogen) atoms. The van der Waals surface area contributed by atoms with Crippen LogP contribution in [0.4, 0.5) is 0 Å². The largest absolute Gasteiger partial charge is 0.355 e. The van der Waals surface area contributed by atoms with Crippen molar-refractivity contribution in [1.29, 1.82) is 0 Å². The van der Waals surface area contributed by atoms with E-state index in [0.717, 1.165) is 16.9 Å². The maximum absolute atomic E-state index is 12.5. The molecule has 0 radical (unpaired) electrons. The average molecular weight is 339 g/mol. The lowest BCUT2D eigenvalue weighted by Crippen LogP contribution is -2.37. The molecule has 1 unspecified atom stereocenters. The van der Waals surface area contributed by atoms with Gasteiger partial charge in [-0.15, -0.1) is 0 Å². The highest BCUT2D eigenvalue weighted by Gasteiger charge is 2.49. The van der Waals surface area contributed by atoms with E-state index in [4.69, 9.17) is 4.52 Å². The Bertz CT molecular complexity index is 942. The minimum Gasteiger partial charge on any atom is -0.355 e. The van der Waals surface area contributed by atoms with Gasteiger partial charge in [-0.1, -0.05) is 25.1 Å². The predicted octanol–water partition coefficient (Wildman–Crippen LogP) is 2.50. The molecule has 4 rings (SSSR count). The second kappa shape index (κ2) is 5.68. The monoisotopic (exact) mass is 339 g/mol. The van der Waals surface area contributed by atoms with Crippen LogP contribution in [-0.2, 0) is 10.2 Å². The van der Waals surface area contributed by atoms with Crippen LogP contribution in [0.2, 0.25) is 0 Å². The molecule has 3 aromatic heterocycles. The van der Waals surface area contributed by atoms with Gasteiger partial charge in [-0.25, -0.2) is 4.98 Å². The van der Waals surface area contributed by atoms with Gasteiger partial charge in [0.15, 0.2) is 0 Å². The quantitative estimate of drug-likeness (QED) is 0.789. The third-order valence-corrected chi connectivity index (χ3v) is 4.75. The average Bonchev–Trinajstić information content (AvgIpc) is 3.26. The molecule has 1 atom stereocenters. The fourth-order valence-electron chi connectivity index (χ4n) is 3.63. The summed E-state index contributed by atoms with van der Waals surface area (Å²) in [4.78, 5) is 21.5. The molecule has 1 aliphatic rings. The first kappa shape index (κ1) is 15.8. The van der Waals surface area contributed by atoms with Gasteiger partial charge in [0.05, 0.1) is 6.20 Å². The molecule has 1 amide bonds. The molecule has 0 saturated carbocycles. The second-order valence-electron chi connectivity index (χ2n) is 7.19. The zero-order valence-corrected chi connectivity index (χ0v) is 14.6. The Hall–Kier alpha value is -2.70. The number of nitrogens with one attached hydrogen (secondary N) is 1. The Morgan fingerprint density at radius 3 is 2.96 bits per heavy atom. The van der Waals surface area contributed by atoms with E-state index in [1.54, 1.807) is 6.20 Å². The van der Waals surface area contributed by atoms with E-state index in [1.807, 2.05) is 29.7 Å². The van der Waals surface area contributed by atoms with E-state index in [1.165, 1.54) is 0 Å².